The lowest BCUT2D eigenvalue weighted by Crippen LogP contribution is -2.51. The molecule has 9 heteroatoms. The predicted octanol–water partition coefficient (Wildman–Crippen LogP) is 0.791. The fraction of sp³-hybridized carbons (Fsp3) is 0.429. The molecule has 9 nitrogen and oxygen atoms in total. The molecule has 0 aliphatic carbocycles. The number of hydrogen-bond acceptors (Lipinski definition) is 7. The van der Waals surface area contributed by atoms with Gasteiger partial charge < -0.3 is 20.2 Å². The first-order valence-electron chi connectivity index (χ1n) is 10.2. The van der Waals surface area contributed by atoms with Crippen molar-refractivity contribution >= 4 is 23.5 Å². The van der Waals surface area contributed by atoms with Crippen LogP contribution in [0.5, 0.6) is 5.75 Å². The Hall–Kier alpha value is -3.20. The number of benzene rings is 1. The first kappa shape index (κ1) is 20.1. The average Bonchev–Trinajstić information content (AvgIpc) is 3.25. The van der Waals surface area contributed by atoms with Crippen molar-refractivity contribution < 1.29 is 14.7 Å². The monoisotopic (exact) mass is 410 g/mol. The van der Waals surface area contributed by atoms with Crippen molar-refractivity contribution in [1.82, 2.24) is 19.8 Å². The van der Waals surface area contributed by atoms with E-state index in [1.54, 1.807) is 42.7 Å². The van der Waals surface area contributed by atoms with Crippen LogP contribution < -0.4 is 10.2 Å². The Labute approximate surface area is 175 Å². The van der Waals surface area contributed by atoms with Gasteiger partial charge in [0.05, 0.1) is 12.5 Å². The highest BCUT2D eigenvalue weighted by Crippen LogP contribution is 2.20. The minimum absolute atomic E-state index is 0.0490. The largest absolute Gasteiger partial charge is 0.508 e. The molecule has 2 aliphatic rings. The average molecular weight is 410 g/mol. The van der Waals surface area contributed by atoms with Crippen molar-refractivity contribution in [3.8, 4) is 5.75 Å². The maximum atomic E-state index is 12.7. The van der Waals surface area contributed by atoms with Gasteiger partial charge in [0.2, 0.25) is 17.8 Å². The fourth-order valence-corrected chi connectivity index (χ4v) is 3.88. The molecular formula is C21H26N6O3. The van der Waals surface area contributed by atoms with Crippen molar-refractivity contribution in [2.75, 3.05) is 56.0 Å². The smallest absolute Gasteiger partial charge is 0.236 e. The van der Waals surface area contributed by atoms with E-state index in [1.165, 1.54) is 0 Å². The SMILES string of the molecule is O=C(Nc1ccc(O)cc1)C1CCN(CC(=O)N2CCN(c3ncccn3)CC2)C1. The number of rotatable bonds is 5. The summed E-state index contributed by atoms with van der Waals surface area (Å²) >= 11 is 0. The number of nitrogens with one attached hydrogen (secondary N) is 1. The Balaban J connectivity index is 1.22. The maximum absolute atomic E-state index is 12.7. The first-order valence-corrected chi connectivity index (χ1v) is 10.2. The van der Waals surface area contributed by atoms with Gasteiger partial charge in [0, 0.05) is 50.8 Å². The van der Waals surface area contributed by atoms with Gasteiger partial charge in [0.15, 0.2) is 0 Å². The van der Waals surface area contributed by atoms with Crippen LogP contribution in [-0.4, -0.2) is 82.5 Å². The number of nitrogens with zero attached hydrogens (tertiary/aromatic N) is 5. The van der Waals surface area contributed by atoms with Crippen LogP contribution >= 0.6 is 0 Å². The third-order valence-corrected chi connectivity index (χ3v) is 5.60. The van der Waals surface area contributed by atoms with E-state index in [0.29, 0.717) is 50.9 Å². The third kappa shape index (κ3) is 4.85. The minimum Gasteiger partial charge on any atom is -0.508 e. The van der Waals surface area contributed by atoms with Gasteiger partial charge >= 0.3 is 0 Å². The van der Waals surface area contributed by atoms with Gasteiger partial charge in [-0.25, -0.2) is 9.97 Å². The molecule has 0 saturated carbocycles. The zero-order valence-electron chi connectivity index (χ0n) is 16.8. The third-order valence-electron chi connectivity index (χ3n) is 5.60. The molecule has 1 aromatic carbocycles. The summed E-state index contributed by atoms with van der Waals surface area (Å²) in [4.78, 5) is 39.7. The van der Waals surface area contributed by atoms with Crippen LogP contribution in [0.15, 0.2) is 42.7 Å². The van der Waals surface area contributed by atoms with Crippen LogP contribution in [0.1, 0.15) is 6.42 Å². The predicted molar refractivity (Wildman–Crippen MR) is 112 cm³/mol. The van der Waals surface area contributed by atoms with Crippen LogP contribution in [0.4, 0.5) is 11.6 Å². The Morgan fingerprint density at radius 2 is 1.73 bits per heavy atom. The summed E-state index contributed by atoms with van der Waals surface area (Å²) in [5.41, 5.74) is 0.660. The molecule has 2 fully saturated rings. The zero-order valence-corrected chi connectivity index (χ0v) is 16.8. The lowest BCUT2D eigenvalue weighted by atomic mass is 10.1. The number of amides is 2. The number of aromatic hydroxyl groups is 1. The van der Waals surface area contributed by atoms with Crippen molar-refractivity contribution in [3.63, 3.8) is 0 Å². The van der Waals surface area contributed by atoms with Gasteiger partial charge in [-0.1, -0.05) is 0 Å². The molecule has 1 unspecified atom stereocenters. The molecule has 0 bridgehead atoms. The summed E-state index contributed by atoms with van der Waals surface area (Å²) in [6.07, 6.45) is 4.18. The van der Waals surface area contributed by atoms with Gasteiger partial charge in [-0.3, -0.25) is 14.5 Å². The topological polar surface area (TPSA) is 102 Å². The van der Waals surface area contributed by atoms with Gasteiger partial charge in [-0.2, -0.15) is 0 Å². The minimum atomic E-state index is -0.140. The molecule has 2 saturated heterocycles. The number of piperazine rings is 1. The molecule has 2 aromatic rings. The molecule has 3 heterocycles. The summed E-state index contributed by atoms with van der Waals surface area (Å²) in [7, 11) is 0. The zero-order chi connectivity index (χ0) is 20.9. The number of likely N-dealkylation sites (tertiary alicyclic amines) is 1. The standard InChI is InChI=1S/C21H26N6O3/c28-18-4-2-17(3-5-18)24-20(30)16-6-9-25(14-16)15-19(29)26-10-12-27(13-11-26)21-22-7-1-8-23-21/h1-5,7-8,16,28H,6,9-15H2,(H,24,30). The van der Waals surface area contributed by atoms with Crippen LogP contribution in [-0.2, 0) is 9.59 Å². The Bertz CT molecular complexity index is 868. The summed E-state index contributed by atoms with van der Waals surface area (Å²) in [5.74, 6) is 0.774. The van der Waals surface area contributed by atoms with Gasteiger partial charge in [-0.05, 0) is 43.3 Å². The second-order valence-corrected chi connectivity index (χ2v) is 7.67. The molecule has 2 amide bonds. The lowest BCUT2D eigenvalue weighted by Gasteiger charge is -2.35. The summed E-state index contributed by atoms with van der Waals surface area (Å²) in [6, 6.07) is 8.21. The van der Waals surface area contributed by atoms with Crippen molar-refractivity contribution in [1.29, 1.82) is 0 Å². The Morgan fingerprint density at radius 3 is 2.43 bits per heavy atom. The van der Waals surface area contributed by atoms with Crippen LogP contribution in [0.25, 0.3) is 0 Å². The highest BCUT2D eigenvalue weighted by Gasteiger charge is 2.31. The molecule has 0 radical (unpaired) electrons. The summed E-state index contributed by atoms with van der Waals surface area (Å²) in [6.45, 7) is 4.38. The van der Waals surface area contributed by atoms with Crippen LogP contribution in [0.3, 0.4) is 0 Å². The van der Waals surface area contributed by atoms with Crippen LogP contribution in [0.2, 0.25) is 0 Å². The number of hydrogen-bond donors (Lipinski definition) is 2. The van der Waals surface area contributed by atoms with E-state index in [0.717, 1.165) is 13.0 Å². The van der Waals surface area contributed by atoms with Crippen molar-refractivity contribution in [3.05, 3.63) is 42.7 Å². The van der Waals surface area contributed by atoms with E-state index < -0.39 is 0 Å². The molecule has 1 atom stereocenters. The molecule has 158 valence electrons. The molecular weight excluding hydrogens is 384 g/mol. The number of carbonyl (C=O) groups is 2. The Kier molecular flexibility index (Phi) is 6.08. The van der Waals surface area contributed by atoms with E-state index in [2.05, 4.69) is 25.1 Å². The quantitative estimate of drug-likeness (QED) is 0.703. The molecule has 2 N–H and O–H groups in total. The molecule has 1 aromatic heterocycles. The van der Waals surface area contributed by atoms with E-state index >= 15 is 0 Å². The molecule has 30 heavy (non-hydrogen) atoms. The second-order valence-electron chi connectivity index (χ2n) is 7.67. The number of anilines is 2. The number of phenols is 1. The Morgan fingerprint density at radius 1 is 1.03 bits per heavy atom. The molecule has 2 aliphatic heterocycles. The second kappa shape index (κ2) is 9.08. The van der Waals surface area contributed by atoms with E-state index in [9.17, 15) is 14.7 Å². The fourth-order valence-electron chi connectivity index (χ4n) is 3.88. The van der Waals surface area contributed by atoms with E-state index in [4.69, 9.17) is 0 Å². The van der Waals surface area contributed by atoms with Crippen LogP contribution in [0, 0.1) is 5.92 Å². The maximum Gasteiger partial charge on any atom is 0.236 e. The van der Waals surface area contributed by atoms with E-state index in [1.807, 2.05) is 4.90 Å². The van der Waals surface area contributed by atoms with Crippen molar-refractivity contribution in [2.24, 2.45) is 5.92 Å². The normalized spacial score (nSPS) is 19.7. The number of phenolic OH excluding ortho intramolecular Hbond substituents is 1. The van der Waals surface area contributed by atoms with Crippen molar-refractivity contribution in [2.45, 2.75) is 6.42 Å². The van der Waals surface area contributed by atoms with Gasteiger partial charge in [-0.15, -0.1) is 0 Å². The highest BCUT2D eigenvalue weighted by molar-refractivity contribution is 5.93. The number of carbonyl (C=O) groups excluding carboxylic acids is 2. The van der Waals surface area contributed by atoms with Gasteiger partial charge in [0.25, 0.3) is 0 Å². The number of aromatic nitrogens is 2. The highest BCUT2D eigenvalue weighted by atomic mass is 16.3. The summed E-state index contributed by atoms with van der Waals surface area (Å²) < 4.78 is 0. The first-order chi connectivity index (χ1) is 14.6. The molecule has 0 spiro atoms. The lowest BCUT2D eigenvalue weighted by molar-refractivity contribution is -0.132. The summed E-state index contributed by atoms with van der Waals surface area (Å²) in [5, 5.41) is 12.2. The molecule has 4 rings (SSSR count). The van der Waals surface area contributed by atoms with E-state index in [-0.39, 0.29) is 23.5 Å². The van der Waals surface area contributed by atoms with Gasteiger partial charge in [0.1, 0.15) is 5.75 Å².